The van der Waals surface area contributed by atoms with Crippen molar-refractivity contribution < 1.29 is 14.2 Å². The molecule has 4 nitrogen and oxygen atoms in total. The lowest BCUT2D eigenvalue weighted by Gasteiger charge is -2.14. The molecule has 0 amide bonds. The van der Waals surface area contributed by atoms with E-state index in [0.717, 1.165) is 17.9 Å². The van der Waals surface area contributed by atoms with Crippen molar-refractivity contribution in [1.82, 2.24) is 5.32 Å². The summed E-state index contributed by atoms with van der Waals surface area (Å²) in [6, 6.07) is 7.71. The summed E-state index contributed by atoms with van der Waals surface area (Å²) in [5.41, 5.74) is 0.951. The first-order chi connectivity index (χ1) is 7.81. The van der Waals surface area contributed by atoms with E-state index in [4.69, 9.17) is 14.2 Å². The molecule has 0 heterocycles. The van der Waals surface area contributed by atoms with Crippen molar-refractivity contribution in [2.24, 2.45) is 0 Å². The molecule has 0 aliphatic heterocycles. The van der Waals surface area contributed by atoms with Crippen LogP contribution in [0.15, 0.2) is 24.3 Å². The second kappa shape index (κ2) is 7.22. The number of ether oxygens (including phenoxy) is 3. The van der Waals surface area contributed by atoms with Crippen LogP contribution in [0.5, 0.6) is 5.75 Å². The Morgan fingerprint density at radius 1 is 1.25 bits per heavy atom. The van der Waals surface area contributed by atoms with Crippen molar-refractivity contribution in [1.29, 1.82) is 0 Å². The van der Waals surface area contributed by atoms with Crippen molar-refractivity contribution in [3.63, 3.8) is 0 Å². The van der Waals surface area contributed by atoms with Gasteiger partial charge in [0.15, 0.2) is 6.29 Å². The summed E-state index contributed by atoms with van der Waals surface area (Å²) in [5.74, 6) is 0.826. The lowest BCUT2D eigenvalue weighted by atomic mass is 10.2. The molecule has 16 heavy (non-hydrogen) atoms. The van der Waals surface area contributed by atoms with Gasteiger partial charge in [0.05, 0.1) is 0 Å². The molecule has 1 aromatic rings. The van der Waals surface area contributed by atoms with Gasteiger partial charge in [-0.2, -0.15) is 0 Å². The van der Waals surface area contributed by atoms with Gasteiger partial charge >= 0.3 is 0 Å². The van der Waals surface area contributed by atoms with Crippen LogP contribution in [0.25, 0.3) is 0 Å². The maximum Gasteiger partial charge on any atom is 0.183 e. The Morgan fingerprint density at radius 2 is 2.00 bits per heavy atom. The number of benzene rings is 1. The van der Waals surface area contributed by atoms with Gasteiger partial charge in [-0.25, -0.2) is 0 Å². The highest BCUT2D eigenvalue weighted by Crippen LogP contribution is 2.21. The standard InChI is InChI=1S/C12H19NO3/c1-13-7-8-16-11-6-4-5-10(9-11)12(14-2)15-3/h4-6,9,12-13H,7-8H2,1-3H3. The molecule has 0 bridgehead atoms. The van der Waals surface area contributed by atoms with Gasteiger partial charge in [0.2, 0.25) is 0 Å². The average Bonchev–Trinajstić information content (AvgIpc) is 2.32. The molecular formula is C12H19NO3. The zero-order valence-corrected chi connectivity index (χ0v) is 10.0. The van der Waals surface area contributed by atoms with Crippen molar-refractivity contribution in [3.8, 4) is 5.75 Å². The van der Waals surface area contributed by atoms with Gasteiger partial charge in [-0.15, -0.1) is 0 Å². The van der Waals surface area contributed by atoms with Crippen LogP contribution in [0.1, 0.15) is 11.9 Å². The van der Waals surface area contributed by atoms with Crippen molar-refractivity contribution >= 4 is 0 Å². The Morgan fingerprint density at radius 3 is 2.62 bits per heavy atom. The fourth-order valence-electron chi connectivity index (χ4n) is 1.39. The fourth-order valence-corrected chi connectivity index (χ4v) is 1.39. The van der Waals surface area contributed by atoms with E-state index in [1.54, 1.807) is 14.2 Å². The lowest BCUT2D eigenvalue weighted by Crippen LogP contribution is -2.16. The van der Waals surface area contributed by atoms with Crippen molar-refractivity contribution in [2.75, 3.05) is 34.4 Å². The number of nitrogens with one attached hydrogen (secondary N) is 1. The highest BCUT2D eigenvalue weighted by Gasteiger charge is 2.09. The van der Waals surface area contributed by atoms with Gasteiger partial charge in [-0.05, 0) is 19.2 Å². The summed E-state index contributed by atoms with van der Waals surface area (Å²) >= 11 is 0. The number of methoxy groups -OCH3 is 2. The molecule has 0 saturated heterocycles. The molecule has 90 valence electrons. The van der Waals surface area contributed by atoms with Gasteiger partial charge < -0.3 is 19.5 Å². The van der Waals surface area contributed by atoms with Crippen LogP contribution in [-0.4, -0.2) is 34.4 Å². The second-order valence-electron chi connectivity index (χ2n) is 3.33. The smallest absolute Gasteiger partial charge is 0.183 e. The summed E-state index contributed by atoms with van der Waals surface area (Å²) in [7, 11) is 5.12. The molecule has 0 saturated carbocycles. The first kappa shape index (κ1) is 13.0. The van der Waals surface area contributed by atoms with Gasteiger partial charge in [0.25, 0.3) is 0 Å². The van der Waals surface area contributed by atoms with Crippen LogP contribution in [0.2, 0.25) is 0 Å². The second-order valence-corrected chi connectivity index (χ2v) is 3.33. The maximum absolute atomic E-state index is 5.55. The number of likely N-dealkylation sites (N-methyl/N-ethyl adjacent to an activating group) is 1. The average molecular weight is 225 g/mol. The molecule has 1 rings (SSSR count). The van der Waals surface area contributed by atoms with Gasteiger partial charge in [-0.1, -0.05) is 12.1 Å². The summed E-state index contributed by atoms with van der Waals surface area (Å²) in [5, 5.41) is 3.02. The number of hydrogen-bond acceptors (Lipinski definition) is 4. The third-order valence-corrected chi connectivity index (χ3v) is 2.18. The molecule has 0 aliphatic rings. The van der Waals surface area contributed by atoms with Crippen LogP contribution >= 0.6 is 0 Å². The topological polar surface area (TPSA) is 39.7 Å². The van der Waals surface area contributed by atoms with E-state index >= 15 is 0 Å². The first-order valence-corrected chi connectivity index (χ1v) is 5.24. The Bertz CT molecular complexity index is 300. The summed E-state index contributed by atoms with van der Waals surface area (Å²) in [6.45, 7) is 1.47. The van der Waals surface area contributed by atoms with Crippen molar-refractivity contribution in [2.45, 2.75) is 6.29 Å². The normalized spacial score (nSPS) is 10.8. The van der Waals surface area contributed by atoms with E-state index in [9.17, 15) is 0 Å². The Balaban J connectivity index is 2.62. The van der Waals surface area contributed by atoms with Gasteiger partial charge in [-0.3, -0.25) is 0 Å². The van der Waals surface area contributed by atoms with Gasteiger partial charge in [0.1, 0.15) is 12.4 Å². The van der Waals surface area contributed by atoms with Crippen LogP contribution in [0.3, 0.4) is 0 Å². The minimum atomic E-state index is -0.340. The van der Waals surface area contributed by atoms with E-state index in [0.29, 0.717) is 6.61 Å². The molecule has 0 radical (unpaired) electrons. The quantitative estimate of drug-likeness (QED) is 0.565. The minimum absolute atomic E-state index is 0.340. The van der Waals surface area contributed by atoms with Crippen LogP contribution < -0.4 is 10.1 Å². The maximum atomic E-state index is 5.55. The third kappa shape index (κ3) is 3.81. The van der Waals surface area contributed by atoms with E-state index in [2.05, 4.69) is 5.32 Å². The molecule has 0 aromatic heterocycles. The number of rotatable bonds is 7. The lowest BCUT2D eigenvalue weighted by molar-refractivity contribution is -0.106. The largest absolute Gasteiger partial charge is 0.492 e. The Kier molecular flexibility index (Phi) is 5.85. The zero-order valence-electron chi connectivity index (χ0n) is 10.0. The highest BCUT2D eigenvalue weighted by molar-refractivity contribution is 5.29. The molecule has 0 fully saturated rings. The molecule has 0 unspecified atom stereocenters. The minimum Gasteiger partial charge on any atom is -0.492 e. The number of hydrogen-bond donors (Lipinski definition) is 1. The molecule has 0 spiro atoms. The SMILES string of the molecule is CNCCOc1cccc(C(OC)OC)c1. The third-order valence-electron chi connectivity index (χ3n) is 2.18. The monoisotopic (exact) mass is 225 g/mol. The van der Waals surface area contributed by atoms with Crippen LogP contribution in [-0.2, 0) is 9.47 Å². The Hall–Kier alpha value is -1.10. The molecule has 1 aromatic carbocycles. The summed E-state index contributed by atoms with van der Waals surface area (Å²) < 4.78 is 15.9. The van der Waals surface area contributed by atoms with E-state index in [1.807, 2.05) is 31.3 Å². The molecule has 0 atom stereocenters. The Labute approximate surface area is 96.5 Å². The fraction of sp³-hybridized carbons (Fsp3) is 0.500. The molecule has 4 heteroatoms. The highest BCUT2D eigenvalue weighted by atomic mass is 16.7. The van der Waals surface area contributed by atoms with E-state index in [-0.39, 0.29) is 6.29 Å². The van der Waals surface area contributed by atoms with Crippen molar-refractivity contribution in [3.05, 3.63) is 29.8 Å². The predicted octanol–water partition coefficient (Wildman–Crippen LogP) is 1.58. The molecular weight excluding hydrogens is 206 g/mol. The van der Waals surface area contributed by atoms with E-state index in [1.165, 1.54) is 0 Å². The molecule has 0 aliphatic carbocycles. The summed E-state index contributed by atoms with van der Waals surface area (Å²) in [4.78, 5) is 0. The van der Waals surface area contributed by atoms with Gasteiger partial charge in [0, 0.05) is 26.3 Å². The molecule has 1 N–H and O–H groups in total. The zero-order chi connectivity index (χ0) is 11.8. The van der Waals surface area contributed by atoms with Crippen LogP contribution in [0.4, 0.5) is 0 Å². The first-order valence-electron chi connectivity index (χ1n) is 5.24. The van der Waals surface area contributed by atoms with E-state index < -0.39 is 0 Å². The predicted molar refractivity (Wildman–Crippen MR) is 62.6 cm³/mol. The summed E-state index contributed by atoms with van der Waals surface area (Å²) in [6.07, 6.45) is -0.340. The van der Waals surface area contributed by atoms with Crippen LogP contribution in [0, 0.1) is 0 Å².